The van der Waals surface area contributed by atoms with Gasteiger partial charge in [-0.05, 0) is 67.1 Å². The van der Waals surface area contributed by atoms with Gasteiger partial charge in [-0.15, -0.1) is 0 Å². The summed E-state index contributed by atoms with van der Waals surface area (Å²) < 4.78 is 10.6. The molecule has 0 aromatic heterocycles. The van der Waals surface area contributed by atoms with Crippen LogP contribution in [0.2, 0.25) is 0 Å². The second kappa shape index (κ2) is 8.46. The van der Waals surface area contributed by atoms with Crippen molar-refractivity contribution in [3.8, 4) is 11.5 Å². The number of nitrogens with zero attached hydrogens (tertiary/aromatic N) is 2. The van der Waals surface area contributed by atoms with E-state index >= 15 is 0 Å². The highest BCUT2D eigenvalue weighted by Crippen LogP contribution is 2.31. The number of ether oxygens (including phenoxy) is 2. The number of aryl methyl sites for hydroxylation is 1. The summed E-state index contributed by atoms with van der Waals surface area (Å²) in [5.74, 6) is 2.37. The van der Waals surface area contributed by atoms with Gasteiger partial charge in [-0.2, -0.15) is 0 Å². The number of fused-ring (bicyclic) bond motifs is 4. The Morgan fingerprint density at radius 3 is 2.38 bits per heavy atom. The van der Waals surface area contributed by atoms with Gasteiger partial charge in [-0.3, -0.25) is 9.69 Å². The molecule has 3 heterocycles. The third-order valence-electron chi connectivity index (χ3n) is 6.28. The zero-order chi connectivity index (χ0) is 20.4. The molecule has 5 nitrogen and oxygen atoms in total. The van der Waals surface area contributed by atoms with Gasteiger partial charge in [-0.25, -0.2) is 0 Å². The van der Waals surface area contributed by atoms with Gasteiger partial charge in [0.1, 0.15) is 11.5 Å². The van der Waals surface area contributed by atoms with Gasteiger partial charge in [0.15, 0.2) is 0 Å². The fraction of sp³-hybridized carbons (Fsp3) is 0.458. The van der Waals surface area contributed by atoms with Gasteiger partial charge in [-0.1, -0.05) is 12.1 Å². The largest absolute Gasteiger partial charge is 0.497 e. The smallest absolute Gasteiger partial charge is 0.254 e. The van der Waals surface area contributed by atoms with Crippen molar-refractivity contribution >= 4 is 5.91 Å². The van der Waals surface area contributed by atoms with Crippen LogP contribution >= 0.6 is 0 Å². The molecule has 3 aliphatic rings. The maximum absolute atomic E-state index is 13.4. The normalized spacial score (nSPS) is 21.7. The van der Waals surface area contributed by atoms with Crippen LogP contribution in [0.5, 0.6) is 11.5 Å². The maximum Gasteiger partial charge on any atom is 0.254 e. The number of hydrogen-bond acceptors (Lipinski definition) is 4. The van der Waals surface area contributed by atoms with Crippen LogP contribution in [0.3, 0.4) is 0 Å². The lowest BCUT2D eigenvalue weighted by molar-refractivity contribution is 0.0584. The fourth-order valence-electron chi connectivity index (χ4n) is 4.70. The highest BCUT2D eigenvalue weighted by Gasteiger charge is 2.37. The molecule has 0 N–H and O–H groups in total. The Hall–Kier alpha value is -2.53. The van der Waals surface area contributed by atoms with E-state index in [0.717, 1.165) is 55.2 Å². The number of piperidine rings is 1. The van der Waals surface area contributed by atoms with Crippen LogP contribution in [0.15, 0.2) is 42.5 Å². The summed E-state index contributed by atoms with van der Waals surface area (Å²) in [6.45, 7) is 5.74. The summed E-state index contributed by atoms with van der Waals surface area (Å²) in [5.41, 5.74) is 3.06. The first-order chi connectivity index (χ1) is 14.1. The van der Waals surface area contributed by atoms with E-state index in [-0.39, 0.29) is 11.9 Å². The Balaban J connectivity index is 1.48. The number of hydrogen-bond donors (Lipinski definition) is 0. The standard InChI is InChI=1S/C24H30N2O3/c1-17-12-22(29-3)10-11-23(17)24(27)26-15-19-4-7-20(26)16-25(14-19)13-18-5-8-21(28-2)9-6-18/h5-6,8-12,19-20H,4,7,13-16H2,1-3H3/t19-,20+/m0/s1. The number of carbonyl (C=O) groups excluding carboxylic acids is 1. The molecule has 2 atom stereocenters. The molecule has 5 heteroatoms. The topological polar surface area (TPSA) is 42.0 Å². The molecular weight excluding hydrogens is 364 g/mol. The molecule has 3 saturated heterocycles. The summed E-state index contributed by atoms with van der Waals surface area (Å²) in [5, 5.41) is 0. The zero-order valence-corrected chi connectivity index (χ0v) is 17.6. The average molecular weight is 395 g/mol. The molecule has 2 bridgehead atoms. The van der Waals surface area contributed by atoms with Crippen molar-refractivity contribution in [2.45, 2.75) is 32.4 Å². The molecule has 3 fully saturated rings. The van der Waals surface area contributed by atoms with Crippen LogP contribution in [-0.4, -0.2) is 55.6 Å². The lowest BCUT2D eigenvalue weighted by atomic mass is 9.93. The van der Waals surface area contributed by atoms with E-state index in [2.05, 4.69) is 21.9 Å². The Morgan fingerprint density at radius 2 is 1.69 bits per heavy atom. The molecule has 2 aromatic carbocycles. The van der Waals surface area contributed by atoms with Gasteiger partial charge >= 0.3 is 0 Å². The summed E-state index contributed by atoms with van der Waals surface area (Å²) in [6, 6.07) is 14.3. The fourth-order valence-corrected chi connectivity index (χ4v) is 4.70. The molecule has 3 aliphatic heterocycles. The molecule has 0 radical (unpaired) electrons. The zero-order valence-electron chi connectivity index (χ0n) is 17.6. The predicted octanol–water partition coefficient (Wildman–Crippen LogP) is 3.75. The first-order valence-electron chi connectivity index (χ1n) is 10.4. The van der Waals surface area contributed by atoms with Crippen molar-refractivity contribution in [2.75, 3.05) is 33.9 Å². The third-order valence-corrected chi connectivity index (χ3v) is 6.28. The minimum atomic E-state index is 0.158. The van der Waals surface area contributed by atoms with Crippen LogP contribution < -0.4 is 9.47 Å². The molecule has 5 rings (SSSR count). The van der Waals surface area contributed by atoms with Gasteiger partial charge in [0.25, 0.3) is 5.91 Å². The molecule has 0 aliphatic carbocycles. The van der Waals surface area contributed by atoms with Crippen LogP contribution in [0.4, 0.5) is 0 Å². The number of methoxy groups -OCH3 is 2. The molecule has 0 spiro atoms. The van der Waals surface area contributed by atoms with E-state index < -0.39 is 0 Å². The highest BCUT2D eigenvalue weighted by molar-refractivity contribution is 5.96. The van der Waals surface area contributed by atoms with E-state index in [4.69, 9.17) is 9.47 Å². The van der Waals surface area contributed by atoms with Crippen molar-refractivity contribution in [1.29, 1.82) is 0 Å². The monoisotopic (exact) mass is 394 g/mol. The average Bonchev–Trinajstić information content (AvgIpc) is 3.04. The quantitative estimate of drug-likeness (QED) is 0.775. The number of carbonyl (C=O) groups is 1. The Morgan fingerprint density at radius 1 is 0.966 bits per heavy atom. The lowest BCUT2D eigenvalue weighted by Crippen LogP contribution is -2.47. The summed E-state index contributed by atoms with van der Waals surface area (Å²) in [4.78, 5) is 18.0. The minimum Gasteiger partial charge on any atom is -0.497 e. The van der Waals surface area contributed by atoms with E-state index in [1.54, 1.807) is 14.2 Å². The second-order valence-corrected chi connectivity index (χ2v) is 8.28. The Bertz CT molecular complexity index is 865. The van der Waals surface area contributed by atoms with Crippen LogP contribution in [-0.2, 0) is 6.54 Å². The minimum absolute atomic E-state index is 0.158. The van der Waals surface area contributed by atoms with Crippen LogP contribution in [0.25, 0.3) is 0 Å². The molecule has 1 amide bonds. The summed E-state index contributed by atoms with van der Waals surface area (Å²) >= 11 is 0. The molecule has 2 aromatic rings. The first-order valence-corrected chi connectivity index (χ1v) is 10.4. The SMILES string of the molecule is COc1ccc(CN2C[C@@H]3CC[C@H](C2)N(C(=O)c2ccc(OC)cc2C)C3)cc1. The molecule has 0 unspecified atom stereocenters. The van der Waals surface area contributed by atoms with E-state index in [0.29, 0.717) is 5.92 Å². The van der Waals surface area contributed by atoms with E-state index in [1.165, 1.54) is 12.0 Å². The number of amides is 1. The summed E-state index contributed by atoms with van der Waals surface area (Å²) in [6.07, 6.45) is 2.29. The van der Waals surface area contributed by atoms with Gasteiger partial charge in [0.2, 0.25) is 0 Å². The predicted molar refractivity (Wildman–Crippen MR) is 114 cm³/mol. The van der Waals surface area contributed by atoms with Crippen molar-refractivity contribution in [1.82, 2.24) is 9.80 Å². The Kier molecular flexibility index (Phi) is 5.76. The van der Waals surface area contributed by atoms with E-state index in [9.17, 15) is 4.79 Å². The van der Waals surface area contributed by atoms with Crippen molar-refractivity contribution in [3.05, 3.63) is 59.2 Å². The van der Waals surface area contributed by atoms with Crippen LogP contribution in [0.1, 0.15) is 34.3 Å². The van der Waals surface area contributed by atoms with Crippen molar-refractivity contribution in [3.63, 3.8) is 0 Å². The second-order valence-electron chi connectivity index (χ2n) is 8.28. The first kappa shape index (κ1) is 19.8. The molecule has 29 heavy (non-hydrogen) atoms. The molecular formula is C24H30N2O3. The van der Waals surface area contributed by atoms with Crippen molar-refractivity contribution in [2.24, 2.45) is 5.92 Å². The van der Waals surface area contributed by atoms with Crippen LogP contribution in [0, 0.1) is 12.8 Å². The lowest BCUT2D eigenvalue weighted by Gasteiger charge is -2.36. The maximum atomic E-state index is 13.4. The number of rotatable bonds is 5. The Labute approximate surface area is 173 Å². The number of benzene rings is 2. The van der Waals surface area contributed by atoms with Gasteiger partial charge in [0, 0.05) is 37.8 Å². The highest BCUT2D eigenvalue weighted by atomic mass is 16.5. The summed E-state index contributed by atoms with van der Waals surface area (Å²) in [7, 11) is 3.35. The van der Waals surface area contributed by atoms with E-state index in [1.807, 2.05) is 37.3 Å². The molecule has 154 valence electrons. The van der Waals surface area contributed by atoms with Crippen molar-refractivity contribution < 1.29 is 14.3 Å². The van der Waals surface area contributed by atoms with Gasteiger partial charge in [0.05, 0.1) is 14.2 Å². The molecule has 0 saturated carbocycles. The third kappa shape index (κ3) is 4.25. The van der Waals surface area contributed by atoms with Gasteiger partial charge < -0.3 is 14.4 Å².